The van der Waals surface area contributed by atoms with E-state index in [2.05, 4.69) is 15.3 Å². The summed E-state index contributed by atoms with van der Waals surface area (Å²) in [5, 5.41) is 2.19. The summed E-state index contributed by atoms with van der Waals surface area (Å²) in [6.45, 7) is 2.90. The molecule has 1 aliphatic rings. The van der Waals surface area contributed by atoms with Gasteiger partial charge in [-0.25, -0.2) is 9.97 Å². The number of carbonyl (C=O) groups excluding carboxylic acids is 3. The van der Waals surface area contributed by atoms with Crippen molar-refractivity contribution in [3.05, 3.63) is 18.1 Å². The minimum Gasteiger partial charge on any atom is -0.382 e. The van der Waals surface area contributed by atoms with Crippen LogP contribution in [0.1, 0.15) is 24.3 Å². The van der Waals surface area contributed by atoms with Crippen LogP contribution in [0.4, 0.5) is 5.82 Å². The second-order valence-corrected chi connectivity index (χ2v) is 4.65. The monoisotopic (exact) mass is 263 g/mol. The topological polar surface area (TPSA) is 118 Å². The average Bonchev–Trinajstić information content (AvgIpc) is 2.34. The summed E-state index contributed by atoms with van der Waals surface area (Å²) in [6, 6.07) is 0. The zero-order valence-electron chi connectivity index (χ0n) is 10.5. The van der Waals surface area contributed by atoms with Crippen molar-refractivity contribution in [2.24, 2.45) is 0 Å². The first-order valence-electron chi connectivity index (χ1n) is 5.56. The van der Waals surface area contributed by atoms with Gasteiger partial charge in [0.1, 0.15) is 23.6 Å². The first-order chi connectivity index (χ1) is 8.82. The summed E-state index contributed by atoms with van der Waals surface area (Å²) in [5.41, 5.74) is 4.29. The summed E-state index contributed by atoms with van der Waals surface area (Å²) < 4.78 is 0. The quantitative estimate of drug-likeness (QED) is 0.623. The summed E-state index contributed by atoms with van der Waals surface area (Å²) in [7, 11) is 0. The van der Waals surface area contributed by atoms with Crippen LogP contribution in [0.25, 0.3) is 0 Å². The highest BCUT2D eigenvalue weighted by Crippen LogP contribution is 2.20. The second kappa shape index (κ2) is 4.30. The van der Waals surface area contributed by atoms with Crippen molar-refractivity contribution in [2.45, 2.75) is 19.4 Å². The van der Waals surface area contributed by atoms with Crippen molar-refractivity contribution < 1.29 is 14.4 Å². The lowest BCUT2D eigenvalue weighted by Crippen LogP contribution is -2.65. The summed E-state index contributed by atoms with van der Waals surface area (Å²) in [6.07, 6.45) is 2.46. The van der Waals surface area contributed by atoms with Gasteiger partial charge in [-0.3, -0.25) is 19.7 Å². The molecular formula is C11H13N5O3. The third kappa shape index (κ3) is 2.24. The van der Waals surface area contributed by atoms with Crippen LogP contribution in [0, 0.1) is 0 Å². The molecule has 0 unspecified atom stereocenters. The number of hydrogen-bond acceptors (Lipinski definition) is 6. The van der Waals surface area contributed by atoms with Gasteiger partial charge >= 0.3 is 0 Å². The van der Waals surface area contributed by atoms with Gasteiger partial charge in [0.15, 0.2) is 0 Å². The second-order valence-electron chi connectivity index (χ2n) is 4.65. The lowest BCUT2D eigenvalue weighted by Gasteiger charge is -2.39. The Morgan fingerprint density at radius 3 is 2.63 bits per heavy atom. The Kier molecular flexibility index (Phi) is 2.93. The molecule has 3 N–H and O–H groups in total. The van der Waals surface area contributed by atoms with Gasteiger partial charge in [0.2, 0.25) is 5.91 Å². The molecule has 1 aliphatic heterocycles. The fraction of sp³-hybridized carbons (Fsp3) is 0.364. The largest absolute Gasteiger partial charge is 0.382 e. The molecule has 100 valence electrons. The molecular weight excluding hydrogens is 250 g/mol. The molecule has 0 radical (unpaired) electrons. The van der Waals surface area contributed by atoms with E-state index in [1.165, 1.54) is 12.4 Å². The lowest BCUT2D eigenvalue weighted by molar-refractivity contribution is -0.143. The van der Waals surface area contributed by atoms with E-state index in [4.69, 9.17) is 5.73 Å². The number of piperazine rings is 1. The molecule has 0 aliphatic carbocycles. The molecule has 1 aromatic rings. The first-order valence-corrected chi connectivity index (χ1v) is 5.56. The number of nitrogens with zero attached hydrogens (tertiary/aromatic N) is 3. The van der Waals surface area contributed by atoms with Crippen LogP contribution in [0.5, 0.6) is 0 Å². The summed E-state index contributed by atoms with van der Waals surface area (Å²) in [4.78, 5) is 44.2. The molecule has 8 heteroatoms. The molecule has 0 atom stereocenters. The molecule has 3 amide bonds. The van der Waals surface area contributed by atoms with Crippen LogP contribution < -0.4 is 11.1 Å². The zero-order chi connectivity index (χ0) is 14.2. The van der Waals surface area contributed by atoms with Crippen LogP contribution in [0.15, 0.2) is 12.4 Å². The summed E-state index contributed by atoms with van der Waals surface area (Å²) in [5.74, 6) is -1.41. The van der Waals surface area contributed by atoms with Crippen molar-refractivity contribution in [3.8, 4) is 0 Å². The van der Waals surface area contributed by atoms with Gasteiger partial charge in [-0.1, -0.05) is 0 Å². The SMILES string of the molecule is CC1(C)C(=O)NC(=O)CN1C(=O)c1cnc(N)cn1. The minimum atomic E-state index is -1.13. The van der Waals surface area contributed by atoms with Crippen LogP contribution >= 0.6 is 0 Å². The van der Waals surface area contributed by atoms with Crippen molar-refractivity contribution in [1.82, 2.24) is 20.2 Å². The van der Waals surface area contributed by atoms with Crippen molar-refractivity contribution >= 4 is 23.5 Å². The Hall–Kier alpha value is -2.51. The number of nitrogens with one attached hydrogen (secondary N) is 1. The molecule has 0 aromatic carbocycles. The van der Waals surface area contributed by atoms with E-state index in [9.17, 15) is 14.4 Å². The van der Waals surface area contributed by atoms with Crippen molar-refractivity contribution in [2.75, 3.05) is 12.3 Å². The van der Waals surface area contributed by atoms with Gasteiger partial charge in [-0.2, -0.15) is 0 Å². The fourth-order valence-corrected chi connectivity index (χ4v) is 1.70. The molecule has 8 nitrogen and oxygen atoms in total. The molecule has 1 aromatic heterocycles. The highest BCUT2D eigenvalue weighted by Gasteiger charge is 2.44. The molecule has 2 heterocycles. The van der Waals surface area contributed by atoms with Crippen LogP contribution in [-0.4, -0.2) is 44.7 Å². The zero-order valence-corrected chi connectivity index (χ0v) is 10.5. The van der Waals surface area contributed by atoms with E-state index in [1.807, 2.05) is 0 Å². The lowest BCUT2D eigenvalue weighted by atomic mass is 9.98. The predicted octanol–water partition coefficient (Wildman–Crippen LogP) is -1.06. The maximum atomic E-state index is 12.3. The van der Waals surface area contributed by atoms with Gasteiger partial charge in [-0.15, -0.1) is 0 Å². The smallest absolute Gasteiger partial charge is 0.275 e. The Labute approximate surface area is 109 Å². The van der Waals surface area contributed by atoms with Gasteiger partial charge in [-0.05, 0) is 13.8 Å². The number of carbonyl (C=O) groups is 3. The van der Waals surface area contributed by atoms with Gasteiger partial charge in [0.25, 0.3) is 11.8 Å². The van der Waals surface area contributed by atoms with Crippen LogP contribution in [0.3, 0.4) is 0 Å². The van der Waals surface area contributed by atoms with E-state index in [1.54, 1.807) is 13.8 Å². The van der Waals surface area contributed by atoms with E-state index in [-0.39, 0.29) is 18.1 Å². The van der Waals surface area contributed by atoms with Gasteiger partial charge in [0, 0.05) is 0 Å². The molecule has 1 fully saturated rings. The van der Waals surface area contributed by atoms with Crippen LogP contribution in [0.2, 0.25) is 0 Å². The third-order valence-corrected chi connectivity index (χ3v) is 2.92. The number of anilines is 1. The summed E-state index contributed by atoms with van der Waals surface area (Å²) >= 11 is 0. The Bertz CT molecular complexity index is 552. The van der Waals surface area contributed by atoms with Crippen LogP contribution in [-0.2, 0) is 9.59 Å². The third-order valence-electron chi connectivity index (χ3n) is 2.92. The maximum absolute atomic E-state index is 12.3. The number of rotatable bonds is 1. The molecule has 0 bridgehead atoms. The first kappa shape index (κ1) is 12.9. The predicted molar refractivity (Wildman–Crippen MR) is 64.7 cm³/mol. The van der Waals surface area contributed by atoms with Gasteiger partial charge in [0.05, 0.1) is 12.4 Å². The Morgan fingerprint density at radius 2 is 2.05 bits per heavy atom. The van der Waals surface area contributed by atoms with Crippen molar-refractivity contribution in [1.29, 1.82) is 0 Å². The molecule has 0 spiro atoms. The fourth-order valence-electron chi connectivity index (χ4n) is 1.70. The molecule has 0 saturated carbocycles. The highest BCUT2D eigenvalue weighted by atomic mass is 16.2. The van der Waals surface area contributed by atoms with Gasteiger partial charge < -0.3 is 10.6 Å². The van der Waals surface area contributed by atoms with E-state index < -0.39 is 23.3 Å². The molecule has 1 saturated heterocycles. The van der Waals surface area contributed by atoms with E-state index in [0.29, 0.717) is 0 Å². The van der Waals surface area contributed by atoms with E-state index >= 15 is 0 Å². The number of imide groups is 1. The molecule has 2 rings (SSSR count). The number of nitrogen functional groups attached to an aromatic ring is 1. The number of nitrogens with two attached hydrogens (primary N) is 1. The maximum Gasteiger partial charge on any atom is 0.275 e. The van der Waals surface area contributed by atoms with E-state index in [0.717, 1.165) is 4.90 Å². The Balaban J connectivity index is 2.33. The minimum absolute atomic E-state index is 0.0322. The standard InChI is InChI=1S/C11H13N5O3/c1-11(2)10(19)15-8(17)5-16(11)9(18)6-3-14-7(12)4-13-6/h3-4H,5H2,1-2H3,(H2,12,14)(H,15,17,19). The van der Waals surface area contributed by atoms with Crippen molar-refractivity contribution in [3.63, 3.8) is 0 Å². The average molecular weight is 263 g/mol. The number of hydrogen-bond donors (Lipinski definition) is 2. The molecule has 19 heavy (non-hydrogen) atoms. The normalized spacial score (nSPS) is 18.1. The highest BCUT2D eigenvalue weighted by molar-refractivity contribution is 6.08. The number of aromatic nitrogens is 2. The Morgan fingerprint density at radius 1 is 1.37 bits per heavy atom. The number of amides is 3.